The summed E-state index contributed by atoms with van der Waals surface area (Å²) in [6.45, 7) is -0.0315. The first kappa shape index (κ1) is 17.6. The van der Waals surface area contributed by atoms with Crippen molar-refractivity contribution < 1.29 is 19.8 Å². The lowest BCUT2D eigenvalue weighted by molar-refractivity contribution is -0.139. The molecule has 0 fully saturated rings. The van der Waals surface area contributed by atoms with Gasteiger partial charge in [-0.2, -0.15) is 0 Å². The average molecular weight is 335 g/mol. The van der Waals surface area contributed by atoms with E-state index in [2.05, 4.69) is 10.6 Å². The fourth-order valence-electron chi connectivity index (χ4n) is 1.63. The van der Waals surface area contributed by atoms with Gasteiger partial charge in [0.2, 0.25) is 0 Å². The van der Waals surface area contributed by atoms with Crippen LogP contribution in [0.3, 0.4) is 0 Å². The summed E-state index contributed by atoms with van der Waals surface area (Å²) < 4.78 is 0. The number of hydrogen-bond donors (Lipinski definition) is 4. The minimum absolute atomic E-state index is 0.0498. The Hall–Kier alpha value is -1.50. The lowest BCUT2D eigenvalue weighted by atomic mass is 10.1. The fraction of sp³-hybridized carbons (Fsp3) is 0.385. The van der Waals surface area contributed by atoms with Crippen LogP contribution in [0.2, 0.25) is 10.0 Å². The molecule has 1 aromatic carbocycles. The Bertz CT molecular complexity index is 511. The SMILES string of the molecule is O=C(NCCc1ccc(Cl)cc1Cl)N[C@H](CCO)C(=O)O. The summed E-state index contributed by atoms with van der Waals surface area (Å²) in [5, 5.41) is 23.4. The summed E-state index contributed by atoms with van der Waals surface area (Å²) in [6.07, 6.45) is 0.437. The number of aliphatic hydroxyl groups excluding tert-OH is 1. The molecule has 2 amide bonds. The molecule has 1 atom stereocenters. The van der Waals surface area contributed by atoms with E-state index in [9.17, 15) is 9.59 Å². The molecule has 0 aliphatic rings. The number of carboxylic acid groups (broad SMARTS) is 1. The predicted molar refractivity (Wildman–Crippen MR) is 79.8 cm³/mol. The zero-order valence-corrected chi connectivity index (χ0v) is 12.6. The van der Waals surface area contributed by atoms with Gasteiger partial charge >= 0.3 is 12.0 Å². The Balaban J connectivity index is 2.41. The van der Waals surface area contributed by atoms with Crippen LogP contribution in [-0.4, -0.2) is 41.4 Å². The van der Waals surface area contributed by atoms with Crippen LogP contribution < -0.4 is 10.6 Å². The summed E-state index contributed by atoms with van der Waals surface area (Å²) in [7, 11) is 0. The topological polar surface area (TPSA) is 98.7 Å². The highest BCUT2D eigenvalue weighted by Gasteiger charge is 2.18. The van der Waals surface area contributed by atoms with Gasteiger partial charge in [-0.25, -0.2) is 9.59 Å². The number of halogens is 2. The van der Waals surface area contributed by atoms with E-state index in [1.807, 2.05) is 0 Å². The van der Waals surface area contributed by atoms with Crippen molar-refractivity contribution in [3.8, 4) is 0 Å². The molecule has 0 saturated carbocycles. The molecule has 8 heteroatoms. The summed E-state index contributed by atoms with van der Waals surface area (Å²) in [5.74, 6) is -1.19. The highest BCUT2D eigenvalue weighted by atomic mass is 35.5. The third-order valence-electron chi connectivity index (χ3n) is 2.72. The van der Waals surface area contributed by atoms with Crippen LogP contribution in [-0.2, 0) is 11.2 Å². The van der Waals surface area contributed by atoms with Crippen molar-refractivity contribution in [2.24, 2.45) is 0 Å². The minimum atomic E-state index is -1.19. The largest absolute Gasteiger partial charge is 0.480 e. The fourth-order valence-corrected chi connectivity index (χ4v) is 2.13. The third-order valence-corrected chi connectivity index (χ3v) is 3.30. The zero-order chi connectivity index (χ0) is 15.8. The van der Waals surface area contributed by atoms with E-state index in [1.165, 1.54) is 0 Å². The second kappa shape index (κ2) is 8.71. The smallest absolute Gasteiger partial charge is 0.326 e. The van der Waals surface area contributed by atoms with Crippen LogP contribution in [0.5, 0.6) is 0 Å². The van der Waals surface area contributed by atoms with Crippen molar-refractivity contribution in [3.05, 3.63) is 33.8 Å². The number of rotatable bonds is 7. The lowest BCUT2D eigenvalue weighted by Crippen LogP contribution is -2.46. The first-order valence-corrected chi connectivity index (χ1v) is 7.01. The highest BCUT2D eigenvalue weighted by Crippen LogP contribution is 2.20. The van der Waals surface area contributed by atoms with E-state index in [1.54, 1.807) is 18.2 Å². The van der Waals surface area contributed by atoms with Gasteiger partial charge in [0.15, 0.2) is 0 Å². The molecule has 0 radical (unpaired) electrons. The van der Waals surface area contributed by atoms with Crippen molar-refractivity contribution in [2.75, 3.05) is 13.2 Å². The van der Waals surface area contributed by atoms with Crippen LogP contribution in [0.1, 0.15) is 12.0 Å². The third kappa shape index (κ3) is 6.20. The molecule has 0 aliphatic heterocycles. The standard InChI is InChI=1S/C13H16Cl2N2O4/c14-9-2-1-8(10(15)7-9)3-5-16-13(21)17-11(4-6-18)12(19)20/h1-2,7,11,18H,3-6H2,(H,19,20)(H2,16,17,21)/t11-/m1/s1. The number of aliphatic carboxylic acids is 1. The molecule has 0 aromatic heterocycles. The van der Waals surface area contributed by atoms with E-state index in [0.29, 0.717) is 23.0 Å². The molecule has 0 aliphatic carbocycles. The molecule has 4 N–H and O–H groups in total. The summed E-state index contributed by atoms with van der Waals surface area (Å²) in [6, 6.07) is 3.34. The summed E-state index contributed by atoms with van der Waals surface area (Å²) >= 11 is 11.8. The zero-order valence-electron chi connectivity index (χ0n) is 11.1. The first-order valence-electron chi connectivity index (χ1n) is 6.26. The molecule has 116 valence electrons. The van der Waals surface area contributed by atoms with Gasteiger partial charge in [-0.05, 0) is 24.1 Å². The van der Waals surface area contributed by atoms with E-state index >= 15 is 0 Å². The molecule has 6 nitrogen and oxygen atoms in total. The molecular formula is C13H16Cl2N2O4. The monoisotopic (exact) mass is 334 g/mol. The summed E-state index contributed by atoms with van der Waals surface area (Å²) in [5.41, 5.74) is 0.825. The maximum atomic E-state index is 11.5. The molecule has 21 heavy (non-hydrogen) atoms. The van der Waals surface area contributed by atoms with Gasteiger partial charge in [0.1, 0.15) is 6.04 Å². The van der Waals surface area contributed by atoms with E-state index in [-0.39, 0.29) is 13.0 Å². The average Bonchev–Trinajstić information content (AvgIpc) is 2.40. The van der Waals surface area contributed by atoms with Gasteiger partial charge in [0.25, 0.3) is 0 Å². The van der Waals surface area contributed by atoms with Gasteiger partial charge in [0, 0.05) is 29.6 Å². The Morgan fingerprint density at radius 3 is 2.57 bits per heavy atom. The molecule has 0 spiro atoms. The van der Waals surface area contributed by atoms with Crippen molar-refractivity contribution in [3.63, 3.8) is 0 Å². The number of amides is 2. The maximum Gasteiger partial charge on any atom is 0.326 e. The van der Waals surface area contributed by atoms with Crippen LogP contribution in [0.15, 0.2) is 18.2 Å². The number of urea groups is 1. The molecule has 1 aromatic rings. The van der Waals surface area contributed by atoms with Gasteiger partial charge < -0.3 is 20.8 Å². The van der Waals surface area contributed by atoms with Crippen molar-refractivity contribution in [1.29, 1.82) is 0 Å². The van der Waals surface area contributed by atoms with Crippen molar-refractivity contribution >= 4 is 35.2 Å². The van der Waals surface area contributed by atoms with E-state index in [0.717, 1.165) is 5.56 Å². The van der Waals surface area contributed by atoms with Crippen LogP contribution in [0.4, 0.5) is 4.79 Å². The summed E-state index contributed by atoms with van der Waals surface area (Å²) in [4.78, 5) is 22.4. The predicted octanol–water partition coefficient (Wildman–Crippen LogP) is 1.67. The number of aliphatic hydroxyl groups is 1. The second-order valence-corrected chi connectivity index (χ2v) is 5.13. The number of nitrogens with one attached hydrogen (secondary N) is 2. The lowest BCUT2D eigenvalue weighted by Gasteiger charge is -2.14. The molecule has 0 unspecified atom stereocenters. The first-order chi connectivity index (χ1) is 9.93. The Labute approximate surface area is 132 Å². The van der Waals surface area contributed by atoms with Crippen molar-refractivity contribution in [1.82, 2.24) is 10.6 Å². The normalized spacial score (nSPS) is 11.8. The molecule has 0 bridgehead atoms. The highest BCUT2D eigenvalue weighted by molar-refractivity contribution is 6.35. The number of carbonyl (C=O) groups is 2. The number of hydrogen-bond acceptors (Lipinski definition) is 3. The van der Waals surface area contributed by atoms with Crippen LogP contribution in [0, 0.1) is 0 Å². The number of carbonyl (C=O) groups excluding carboxylic acids is 1. The molecule has 0 saturated heterocycles. The van der Waals surface area contributed by atoms with Gasteiger partial charge in [-0.1, -0.05) is 29.3 Å². The Morgan fingerprint density at radius 1 is 1.29 bits per heavy atom. The van der Waals surface area contributed by atoms with E-state index in [4.69, 9.17) is 33.4 Å². The van der Waals surface area contributed by atoms with Gasteiger partial charge in [-0.3, -0.25) is 0 Å². The van der Waals surface area contributed by atoms with Crippen LogP contribution in [0.25, 0.3) is 0 Å². The molecular weight excluding hydrogens is 319 g/mol. The van der Waals surface area contributed by atoms with Crippen molar-refractivity contribution in [2.45, 2.75) is 18.9 Å². The quantitative estimate of drug-likeness (QED) is 0.609. The Kier molecular flexibility index (Phi) is 7.28. The second-order valence-electron chi connectivity index (χ2n) is 4.29. The molecule has 0 heterocycles. The van der Waals surface area contributed by atoms with E-state index < -0.39 is 18.0 Å². The maximum absolute atomic E-state index is 11.5. The number of benzene rings is 1. The van der Waals surface area contributed by atoms with Gasteiger partial charge in [-0.15, -0.1) is 0 Å². The molecule has 1 rings (SSSR count). The minimum Gasteiger partial charge on any atom is -0.480 e. The van der Waals surface area contributed by atoms with Crippen LogP contribution >= 0.6 is 23.2 Å². The number of carboxylic acids is 1. The van der Waals surface area contributed by atoms with Gasteiger partial charge in [0.05, 0.1) is 0 Å². The Morgan fingerprint density at radius 2 is 2.00 bits per heavy atom.